The van der Waals surface area contributed by atoms with Gasteiger partial charge in [0.25, 0.3) is 0 Å². The van der Waals surface area contributed by atoms with E-state index in [9.17, 15) is 9.36 Å². The van der Waals surface area contributed by atoms with Crippen molar-refractivity contribution in [2.45, 2.75) is 20.8 Å². The summed E-state index contributed by atoms with van der Waals surface area (Å²) in [4.78, 5) is 10.5. The molecule has 16 heavy (non-hydrogen) atoms. The van der Waals surface area contributed by atoms with Crippen molar-refractivity contribution < 1.29 is 23.5 Å². The van der Waals surface area contributed by atoms with E-state index in [0.717, 1.165) is 0 Å². The van der Waals surface area contributed by atoms with Gasteiger partial charge >= 0.3 is 13.6 Å². The predicted octanol–water partition coefficient (Wildman–Crippen LogP) is 1.52. The number of nitrogens with one attached hydrogen (secondary N) is 1. The molecule has 0 rings (SSSR count). The average Bonchev–Trinajstić information content (AvgIpc) is 2.17. The van der Waals surface area contributed by atoms with E-state index < -0.39 is 19.5 Å². The lowest BCUT2D eigenvalue weighted by Crippen LogP contribution is -2.27. The first-order chi connectivity index (χ1) is 7.45. The second-order valence-corrected chi connectivity index (χ2v) is 5.35. The molecule has 6 nitrogen and oxygen atoms in total. The molecule has 0 aromatic heterocycles. The van der Waals surface area contributed by atoms with Crippen LogP contribution < -0.4 is 5.32 Å². The van der Waals surface area contributed by atoms with Gasteiger partial charge in [0.1, 0.15) is 0 Å². The second-order valence-electron chi connectivity index (χ2n) is 3.30. The fourth-order valence-electron chi connectivity index (χ4n) is 1.03. The number of hydrogen-bond donors (Lipinski definition) is 2. The topological polar surface area (TPSA) is 84.9 Å². The number of aliphatic carboxylic acids is 1. The first-order valence-electron chi connectivity index (χ1n) is 5.26. The minimum Gasteiger partial charge on any atom is -0.481 e. The second kappa shape index (κ2) is 7.79. The predicted molar refractivity (Wildman–Crippen MR) is 60.5 cm³/mol. The molecule has 0 aromatic rings. The minimum atomic E-state index is -3.11. The van der Waals surface area contributed by atoms with Gasteiger partial charge < -0.3 is 19.5 Å². The van der Waals surface area contributed by atoms with Gasteiger partial charge in [-0.15, -0.1) is 0 Å². The van der Waals surface area contributed by atoms with Gasteiger partial charge in [0, 0.05) is 6.54 Å². The van der Waals surface area contributed by atoms with Crippen molar-refractivity contribution in [1.29, 1.82) is 0 Å². The van der Waals surface area contributed by atoms with E-state index in [4.69, 9.17) is 14.2 Å². The van der Waals surface area contributed by atoms with E-state index in [1.807, 2.05) is 0 Å². The van der Waals surface area contributed by atoms with E-state index >= 15 is 0 Å². The molecule has 0 heterocycles. The maximum atomic E-state index is 11.9. The van der Waals surface area contributed by atoms with Crippen molar-refractivity contribution in [3.63, 3.8) is 0 Å². The van der Waals surface area contributed by atoms with Gasteiger partial charge in [0.2, 0.25) is 0 Å². The van der Waals surface area contributed by atoms with E-state index in [1.54, 1.807) is 20.8 Å². The zero-order valence-electron chi connectivity index (χ0n) is 9.93. The highest BCUT2D eigenvalue weighted by Crippen LogP contribution is 2.46. The third-order valence-electron chi connectivity index (χ3n) is 1.83. The highest BCUT2D eigenvalue weighted by Gasteiger charge is 2.23. The van der Waals surface area contributed by atoms with Crippen LogP contribution in [0.1, 0.15) is 20.8 Å². The Kier molecular flexibility index (Phi) is 7.58. The number of carbonyl (C=O) groups is 1. The van der Waals surface area contributed by atoms with Crippen molar-refractivity contribution in [3.8, 4) is 0 Å². The highest BCUT2D eigenvalue weighted by molar-refractivity contribution is 7.53. The molecule has 2 N–H and O–H groups in total. The largest absolute Gasteiger partial charge is 0.481 e. The smallest absolute Gasteiger partial charge is 0.344 e. The van der Waals surface area contributed by atoms with Gasteiger partial charge in [0.05, 0.1) is 25.4 Å². The number of carboxylic acid groups (broad SMARTS) is 1. The van der Waals surface area contributed by atoms with Crippen LogP contribution in [0.15, 0.2) is 0 Å². The van der Waals surface area contributed by atoms with Crippen LogP contribution in [-0.4, -0.2) is 37.1 Å². The lowest BCUT2D eigenvalue weighted by atomic mass is 10.2. The maximum Gasteiger partial charge on any atom is 0.344 e. The Labute approximate surface area is 95.9 Å². The fourth-order valence-corrected chi connectivity index (χ4v) is 2.47. The van der Waals surface area contributed by atoms with Gasteiger partial charge in [-0.05, 0) is 13.8 Å². The Morgan fingerprint density at radius 2 is 1.88 bits per heavy atom. The molecule has 1 atom stereocenters. The molecule has 0 aromatic carbocycles. The van der Waals surface area contributed by atoms with E-state index in [2.05, 4.69) is 5.32 Å². The summed E-state index contributed by atoms with van der Waals surface area (Å²) < 4.78 is 22.0. The highest BCUT2D eigenvalue weighted by atomic mass is 31.2. The van der Waals surface area contributed by atoms with Crippen molar-refractivity contribution >= 4 is 13.6 Å². The molecule has 96 valence electrons. The van der Waals surface area contributed by atoms with Crippen LogP contribution in [0.2, 0.25) is 0 Å². The number of hydrogen-bond acceptors (Lipinski definition) is 5. The first kappa shape index (κ1) is 15.6. The minimum absolute atomic E-state index is 0.0340. The molecule has 0 fully saturated rings. The molecule has 0 bridgehead atoms. The third-order valence-corrected chi connectivity index (χ3v) is 3.74. The fraction of sp³-hybridized carbons (Fsp3) is 0.889. The quantitative estimate of drug-likeness (QED) is 0.606. The molecule has 1 unspecified atom stereocenters. The summed E-state index contributed by atoms with van der Waals surface area (Å²) in [7, 11) is -3.11. The Morgan fingerprint density at radius 1 is 1.38 bits per heavy atom. The molecule has 0 amide bonds. The van der Waals surface area contributed by atoms with Gasteiger partial charge in [-0.25, -0.2) is 0 Å². The summed E-state index contributed by atoms with van der Waals surface area (Å²) in [5.41, 5.74) is 0. The van der Waals surface area contributed by atoms with Crippen LogP contribution in [0.3, 0.4) is 0 Å². The van der Waals surface area contributed by atoms with Crippen molar-refractivity contribution in [2.24, 2.45) is 5.92 Å². The van der Waals surface area contributed by atoms with Crippen molar-refractivity contribution in [2.75, 3.05) is 26.0 Å². The normalized spacial score (nSPS) is 13.7. The van der Waals surface area contributed by atoms with Crippen LogP contribution in [0, 0.1) is 5.92 Å². The standard InChI is InChI=1S/C9H20NO5P/c1-4-14-16(13,15-5-2)7-10-6-8(3)9(11)12/h8,10H,4-7H2,1-3H3,(H,11,12). The molecule has 0 aliphatic carbocycles. The summed E-state index contributed by atoms with van der Waals surface area (Å²) in [6.07, 6.45) is 0.0340. The van der Waals surface area contributed by atoms with Crippen LogP contribution in [0.4, 0.5) is 0 Å². The van der Waals surface area contributed by atoms with E-state index in [-0.39, 0.29) is 12.8 Å². The molecule has 0 saturated carbocycles. The molecule has 0 aliphatic rings. The number of rotatable bonds is 9. The van der Waals surface area contributed by atoms with Gasteiger partial charge in [0.15, 0.2) is 0 Å². The Morgan fingerprint density at radius 3 is 2.25 bits per heavy atom. The molecule has 7 heteroatoms. The first-order valence-corrected chi connectivity index (χ1v) is 6.99. The molecular weight excluding hydrogens is 233 g/mol. The average molecular weight is 253 g/mol. The zero-order valence-corrected chi connectivity index (χ0v) is 10.8. The van der Waals surface area contributed by atoms with Crippen molar-refractivity contribution in [3.05, 3.63) is 0 Å². The molecule has 0 aliphatic heterocycles. The summed E-state index contributed by atoms with van der Waals surface area (Å²) >= 11 is 0. The Bertz CT molecular complexity index is 248. The van der Waals surface area contributed by atoms with Crippen molar-refractivity contribution in [1.82, 2.24) is 5.32 Å². The van der Waals surface area contributed by atoms with Crippen LogP contribution in [0.5, 0.6) is 0 Å². The zero-order chi connectivity index (χ0) is 12.6. The Balaban J connectivity index is 4.03. The van der Waals surface area contributed by atoms with Crippen LogP contribution >= 0.6 is 7.60 Å². The summed E-state index contributed by atoms with van der Waals surface area (Å²) in [5.74, 6) is -1.42. The molecule has 0 radical (unpaired) electrons. The van der Waals surface area contributed by atoms with Gasteiger partial charge in [-0.2, -0.15) is 0 Å². The molecule has 0 spiro atoms. The van der Waals surface area contributed by atoms with Gasteiger partial charge in [-0.3, -0.25) is 9.36 Å². The lowest BCUT2D eigenvalue weighted by Gasteiger charge is -2.18. The summed E-state index contributed by atoms with van der Waals surface area (Å²) in [5, 5.41) is 11.4. The monoisotopic (exact) mass is 253 g/mol. The van der Waals surface area contributed by atoms with Crippen LogP contribution in [-0.2, 0) is 18.4 Å². The third kappa shape index (κ3) is 6.23. The maximum absolute atomic E-state index is 11.9. The van der Waals surface area contributed by atoms with E-state index in [1.165, 1.54) is 0 Å². The molecular formula is C9H20NO5P. The summed E-state index contributed by atoms with van der Waals surface area (Å²) in [6.45, 7) is 5.86. The Hall–Kier alpha value is -0.420. The summed E-state index contributed by atoms with van der Waals surface area (Å²) in [6, 6.07) is 0. The lowest BCUT2D eigenvalue weighted by molar-refractivity contribution is -0.140. The van der Waals surface area contributed by atoms with Crippen LogP contribution in [0.25, 0.3) is 0 Å². The molecule has 0 saturated heterocycles. The SMILES string of the molecule is CCOP(=O)(CNCC(C)C(=O)O)OCC. The number of carboxylic acids is 1. The van der Waals surface area contributed by atoms with E-state index in [0.29, 0.717) is 13.2 Å². The van der Waals surface area contributed by atoms with Gasteiger partial charge in [-0.1, -0.05) is 6.92 Å².